The van der Waals surface area contributed by atoms with Crippen LogP contribution < -0.4 is 0 Å². The number of aliphatic carboxylic acids is 1. The van der Waals surface area contributed by atoms with E-state index in [4.69, 9.17) is 5.11 Å². The van der Waals surface area contributed by atoms with Gasteiger partial charge in [0.2, 0.25) is 15.9 Å². The fourth-order valence-electron chi connectivity index (χ4n) is 1.94. The van der Waals surface area contributed by atoms with Crippen molar-refractivity contribution in [2.24, 2.45) is 0 Å². The molecule has 0 fully saturated rings. The normalized spacial score (nSPS) is 17.1. The van der Waals surface area contributed by atoms with Crippen molar-refractivity contribution >= 4 is 21.9 Å². The van der Waals surface area contributed by atoms with Crippen LogP contribution in [0, 0.1) is 11.8 Å². The summed E-state index contributed by atoms with van der Waals surface area (Å²) in [6, 6.07) is 0. The first-order valence-electron chi connectivity index (χ1n) is 6.71. The van der Waals surface area contributed by atoms with E-state index in [1.54, 1.807) is 4.90 Å². The van der Waals surface area contributed by atoms with Crippen molar-refractivity contribution in [3.63, 3.8) is 0 Å². The van der Waals surface area contributed by atoms with Crippen LogP contribution in [0.1, 0.15) is 25.7 Å². The molecule has 0 unspecified atom stereocenters. The maximum absolute atomic E-state index is 12.0. The second-order valence-corrected chi connectivity index (χ2v) is 6.85. The molecule has 0 saturated heterocycles. The first-order valence-corrected chi connectivity index (χ1v) is 8.56. The van der Waals surface area contributed by atoms with Gasteiger partial charge in [0.25, 0.3) is 0 Å². The van der Waals surface area contributed by atoms with Crippen LogP contribution in [-0.2, 0) is 19.6 Å². The monoisotopic (exact) mass is 316 g/mol. The lowest BCUT2D eigenvalue weighted by atomic mass is 10.2. The summed E-state index contributed by atoms with van der Waals surface area (Å²) < 4.78 is 24.3. The van der Waals surface area contributed by atoms with Crippen molar-refractivity contribution in [3.05, 3.63) is 0 Å². The highest BCUT2D eigenvalue weighted by atomic mass is 32.2. The molecule has 0 bridgehead atoms. The van der Waals surface area contributed by atoms with E-state index in [0.29, 0.717) is 25.9 Å². The van der Waals surface area contributed by atoms with Gasteiger partial charge in [-0.25, -0.2) is 8.42 Å². The molecule has 8 heteroatoms. The summed E-state index contributed by atoms with van der Waals surface area (Å²) in [4.78, 5) is 23.9. The molecule has 1 N–H and O–H groups in total. The maximum Gasteiger partial charge on any atom is 0.303 e. The Morgan fingerprint density at radius 1 is 1.14 bits per heavy atom. The number of carboxylic acid groups (broad SMARTS) is 1. The lowest BCUT2D eigenvalue weighted by Gasteiger charge is -2.21. The van der Waals surface area contributed by atoms with Crippen molar-refractivity contribution < 1.29 is 23.1 Å². The molecule has 1 aliphatic heterocycles. The number of carbonyl (C=O) groups is 2. The Balaban J connectivity index is 2.54. The predicted octanol–water partition coefficient (Wildman–Crippen LogP) is -0.261. The third-order valence-corrected chi connectivity index (χ3v) is 4.34. The number of nitrogens with zero attached hydrogens (tertiary/aromatic N) is 2. The van der Waals surface area contributed by atoms with Crippen molar-refractivity contribution in [1.29, 1.82) is 0 Å². The van der Waals surface area contributed by atoms with E-state index >= 15 is 0 Å². The molecular formula is C13H20N2O5S. The molecule has 0 saturated carbocycles. The van der Waals surface area contributed by atoms with E-state index < -0.39 is 16.0 Å². The summed E-state index contributed by atoms with van der Waals surface area (Å²) in [6.07, 6.45) is 2.10. The van der Waals surface area contributed by atoms with Crippen LogP contribution in [0.4, 0.5) is 0 Å². The minimum absolute atomic E-state index is 0.0346. The van der Waals surface area contributed by atoms with E-state index in [0.717, 1.165) is 6.26 Å². The van der Waals surface area contributed by atoms with E-state index in [1.807, 2.05) is 0 Å². The molecule has 0 atom stereocenters. The molecule has 0 radical (unpaired) electrons. The average Bonchev–Trinajstić information content (AvgIpc) is 2.48. The number of sulfonamides is 1. The number of amides is 1. The quantitative estimate of drug-likeness (QED) is 0.705. The molecule has 0 aromatic rings. The SMILES string of the molecule is CS(=O)(=O)N1CC#CCN(C(=O)CCCC(=O)O)CCC1. The predicted molar refractivity (Wildman–Crippen MR) is 76.9 cm³/mol. The van der Waals surface area contributed by atoms with Crippen LogP contribution in [0.5, 0.6) is 0 Å². The van der Waals surface area contributed by atoms with Gasteiger partial charge in [0, 0.05) is 25.9 Å². The van der Waals surface area contributed by atoms with Gasteiger partial charge in [0.15, 0.2) is 0 Å². The van der Waals surface area contributed by atoms with Crippen LogP contribution in [0.3, 0.4) is 0 Å². The van der Waals surface area contributed by atoms with Crippen LogP contribution in [0.2, 0.25) is 0 Å². The van der Waals surface area contributed by atoms with Crippen LogP contribution in [0.25, 0.3) is 0 Å². The van der Waals surface area contributed by atoms with E-state index in [9.17, 15) is 18.0 Å². The van der Waals surface area contributed by atoms with Crippen molar-refractivity contribution in [3.8, 4) is 11.8 Å². The first kappa shape index (κ1) is 17.5. The molecule has 118 valence electrons. The van der Waals surface area contributed by atoms with Gasteiger partial charge in [-0.15, -0.1) is 0 Å². The van der Waals surface area contributed by atoms with Gasteiger partial charge in [-0.2, -0.15) is 4.31 Å². The minimum Gasteiger partial charge on any atom is -0.481 e. The maximum atomic E-state index is 12.0. The molecule has 0 aliphatic carbocycles. The largest absolute Gasteiger partial charge is 0.481 e. The smallest absolute Gasteiger partial charge is 0.303 e. The van der Waals surface area contributed by atoms with Crippen LogP contribution >= 0.6 is 0 Å². The second kappa shape index (κ2) is 8.00. The molecule has 0 aromatic heterocycles. The fourth-order valence-corrected chi connectivity index (χ4v) is 2.70. The molecule has 1 amide bonds. The van der Waals surface area contributed by atoms with Crippen molar-refractivity contribution in [2.45, 2.75) is 25.7 Å². The second-order valence-electron chi connectivity index (χ2n) is 4.87. The number of carbonyl (C=O) groups excluding carboxylic acids is 1. The van der Waals surface area contributed by atoms with E-state index in [1.165, 1.54) is 4.31 Å². The zero-order chi connectivity index (χ0) is 15.9. The summed E-state index contributed by atoms with van der Waals surface area (Å²) in [7, 11) is -3.28. The third-order valence-electron chi connectivity index (χ3n) is 3.09. The van der Waals surface area contributed by atoms with Crippen LogP contribution in [0.15, 0.2) is 0 Å². The van der Waals surface area contributed by atoms with E-state index in [-0.39, 0.29) is 31.8 Å². The Morgan fingerprint density at radius 3 is 2.43 bits per heavy atom. The molecular weight excluding hydrogens is 296 g/mol. The van der Waals surface area contributed by atoms with Gasteiger partial charge in [-0.1, -0.05) is 11.8 Å². The molecule has 21 heavy (non-hydrogen) atoms. The molecule has 0 spiro atoms. The highest BCUT2D eigenvalue weighted by molar-refractivity contribution is 7.88. The first-order chi connectivity index (χ1) is 9.80. The Bertz CT molecular complexity index is 547. The highest BCUT2D eigenvalue weighted by Crippen LogP contribution is 2.06. The number of hydrogen-bond donors (Lipinski definition) is 1. The molecule has 1 heterocycles. The van der Waals surface area contributed by atoms with Crippen molar-refractivity contribution in [1.82, 2.24) is 9.21 Å². The zero-order valence-corrected chi connectivity index (χ0v) is 12.9. The zero-order valence-electron chi connectivity index (χ0n) is 12.0. The lowest BCUT2D eigenvalue weighted by Crippen LogP contribution is -2.35. The Kier molecular flexibility index (Phi) is 6.65. The van der Waals surface area contributed by atoms with Gasteiger partial charge >= 0.3 is 5.97 Å². The molecule has 7 nitrogen and oxygen atoms in total. The standard InChI is InChI=1S/C13H20N2O5S/c1-21(19,20)15-10-3-2-8-14(9-5-11-15)12(16)6-4-7-13(17)18/h4-11H2,1H3,(H,17,18). The van der Waals surface area contributed by atoms with Crippen LogP contribution in [-0.4, -0.2) is 67.0 Å². The number of rotatable bonds is 5. The van der Waals surface area contributed by atoms with Gasteiger partial charge in [-0.05, 0) is 12.8 Å². The summed E-state index contributed by atoms with van der Waals surface area (Å²) in [5.41, 5.74) is 0. The topological polar surface area (TPSA) is 95.0 Å². The minimum atomic E-state index is -3.28. The summed E-state index contributed by atoms with van der Waals surface area (Å²) in [6.45, 7) is 1.14. The highest BCUT2D eigenvalue weighted by Gasteiger charge is 2.18. The van der Waals surface area contributed by atoms with E-state index in [2.05, 4.69) is 11.8 Å². The number of carboxylic acids is 1. The number of hydrogen-bond acceptors (Lipinski definition) is 4. The fraction of sp³-hybridized carbons (Fsp3) is 0.692. The Morgan fingerprint density at radius 2 is 1.81 bits per heavy atom. The Hall–Kier alpha value is -1.59. The molecule has 1 aliphatic rings. The lowest BCUT2D eigenvalue weighted by molar-refractivity contribution is -0.137. The van der Waals surface area contributed by atoms with Gasteiger partial charge in [0.1, 0.15) is 0 Å². The molecule has 0 aromatic carbocycles. The van der Waals surface area contributed by atoms with Gasteiger partial charge in [0.05, 0.1) is 19.3 Å². The van der Waals surface area contributed by atoms with Crippen molar-refractivity contribution in [2.75, 3.05) is 32.4 Å². The average molecular weight is 316 g/mol. The summed E-state index contributed by atoms with van der Waals surface area (Å²) in [5, 5.41) is 8.55. The van der Waals surface area contributed by atoms with Gasteiger partial charge in [-0.3, -0.25) is 9.59 Å². The summed E-state index contributed by atoms with van der Waals surface area (Å²) >= 11 is 0. The Labute approximate surface area is 125 Å². The molecule has 1 rings (SSSR count). The summed E-state index contributed by atoms with van der Waals surface area (Å²) in [5.74, 6) is 4.48. The third kappa shape index (κ3) is 6.60. The van der Waals surface area contributed by atoms with Gasteiger partial charge < -0.3 is 10.0 Å².